The summed E-state index contributed by atoms with van der Waals surface area (Å²) in [4.78, 5) is 10.2. The molecule has 0 atom stereocenters. The van der Waals surface area contributed by atoms with E-state index in [9.17, 15) is 0 Å². The van der Waals surface area contributed by atoms with Crippen LogP contribution in [0, 0.1) is 0 Å². The lowest BCUT2D eigenvalue weighted by Gasteiger charge is -2.14. The number of para-hydroxylation sites is 2. The van der Waals surface area contributed by atoms with E-state index in [2.05, 4.69) is 143 Å². The molecule has 0 saturated heterocycles. The molecule has 0 aliphatic heterocycles. The molecule has 6 aromatic carbocycles. The SMILES string of the molecule is C=CC.c1ccc(-c2ncc(-n3c4ccccc4c4c3c3ccc5ccccc5c3n4-c3ccccc3)c(-c3ccccc3)n2)cc1. The van der Waals surface area contributed by atoms with E-state index in [1.165, 1.54) is 32.6 Å². The second-order valence-corrected chi connectivity index (χ2v) is 11.5. The fourth-order valence-electron chi connectivity index (χ4n) is 6.66. The van der Waals surface area contributed by atoms with Crippen LogP contribution < -0.4 is 0 Å². The Bertz CT molecular complexity index is 2530. The molecule has 3 heterocycles. The Balaban J connectivity index is 0.00000104. The Kier molecular flexibility index (Phi) is 7.16. The first-order chi connectivity index (χ1) is 23.3. The maximum Gasteiger partial charge on any atom is 0.159 e. The van der Waals surface area contributed by atoms with Crippen LogP contribution in [0.1, 0.15) is 6.92 Å². The van der Waals surface area contributed by atoms with E-state index in [0.29, 0.717) is 5.82 Å². The highest BCUT2D eigenvalue weighted by atomic mass is 15.1. The zero-order chi connectivity index (χ0) is 31.7. The van der Waals surface area contributed by atoms with Crippen molar-refractivity contribution in [2.24, 2.45) is 0 Å². The molecule has 0 bridgehead atoms. The summed E-state index contributed by atoms with van der Waals surface area (Å²) in [6.45, 7) is 5.25. The predicted octanol–water partition coefficient (Wildman–Crippen LogP) is 11.2. The van der Waals surface area contributed by atoms with Crippen molar-refractivity contribution in [3.63, 3.8) is 0 Å². The van der Waals surface area contributed by atoms with Gasteiger partial charge in [-0.2, -0.15) is 0 Å². The molecule has 4 heteroatoms. The van der Waals surface area contributed by atoms with Gasteiger partial charge in [0.25, 0.3) is 0 Å². The van der Waals surface area contributed by atoms with E-state index in [4.69, 9.17) is 9.97 Å². The maximum atomic E-state index is 5.24. The fourth-order valence-corrected chi connectivity index (χ4v) is 6.66. The van der Waals surface area contributed by atoms with Crippen LogP contribution in [-0.4, -0.2) is 19.1 Å². The molecule has 9 aromatic rings. The van der Waals surface area contributed by atoms with E-state index in [-0.39, 0.29) is 0 Å². The van der Waals surface area contributed by atoms with Crippen LogP contribution in [0.25, 0.3) is 77.6 Å². The summed E-state index contributed by atoms with van der Waals surface area (Å²) in [5.41, 5.74) is 9.63. The van der Waals surface area contributed by atoms with E-state index in [1.54, 1.807) is 6.08 Å². The predicted molar refractivity (Wildman–Crippen MR) is 197 cm³/mol. The monoisotopic (exact) mass is 604 g/mol. The van der Waals surface area contributed by atoms with Gasteiger partial charge in [0.15, 0.2) is 5.82 Å². The second kappa shape index (κ2) is 11.9. The molecule has 3 aromatic heterocycles. The molecular formula is C43H32N4. The standard InChI is InChI=1S/C40H26N4.C3H6/c1-4-15-28(16-5-1)36-35(26-41-40(42-36)29-17-6-2-7-18-29)44-34-23-13-12-22-32(34)38-39(44)33-25-24-27-14-10-11-21-31(27)37(33)43(38)30-19-8-3-9-20-30;1-3-2/h1-26H;3H,1H2,2H3. The number of hydrogen-bond acceptors (Lipinski definition) is 2. The lowest BCUT2D eigenvalue weighted by molar-refractivity contribution is 1.09. The van der Waals surface area contributed by atoms with Crippen LogP contribution in [0.3, 0.4) is 0 Å². The highest BCUT2D eigenvalue weighted by Crippen LogP contribution is 2.44. The Morgan fingerprint density at radius 2 is 1.11 bits per heavy atom. The molecule has 224 valence electrons. The molecule has 0 N–H and O–H groups in total. The van der Waals surface area contributed by atoms with E-state index in [1.807, 2.05) is 37.4 Å². The highest BCUT2D eigenvalue weighted by molar-refractivity contribution is 6.24. The summed E-state index contributed by atoms with van der Waals surface area (Å²) in [6.07, 6.45) is 3.75. The highest BCUT2D eigenvalue weighted by Gasteiger charge is 2.25. The van der Waals surface area contributed by atoms with Crippen molar-refractivity contribution in [1.29, 1.82) is 0 Å². The minimum atomic E-state index is 0.707. The Morgan fingerprint density at radius 3 is 1.83 bits per heavy atom. The summed E-state index contributed by atoms with van der Waals surface area (Å²) in [7, 11) is 0. The van der Waals surface area contributed by atoms with Crippen molar-refractivity contribution in [3.8, 4) is 34.0 Å². The smallest absolute Gasteiger partial charge is 0.159 e. The zero-order valence-corrected chi connectivity index (χ0v) is 26.1. The third-order valence-electron chi connectivity index (χ3n) is 8.55. The van der Waals surface area contributed by atoms with Crippen molar-refractivity contribution in [2.75, 3.05) is 0 Å². The molecule has 0 unspecified atom stereocenters. The van der Waals surface area contributed by atoms with Crippen LogP contribution in [0.4, 0.5) is 0 Å². The van der Waals surface area contributed by atoms with Crippen molar-refractivity contribution in [1.82, 2.24) is 19.1 Å². The van der Waals surface area contributed by atoms with Crippen molar-refractivity contribution >= 4 is 43.6 Å². The normalized spacial score (nSPS) is 11.2. The van der Waals surface area contributed by atoms with Crippen molar-refractivity contribution in [2.45, 2.75) is 6.92 Å². The van der Waals surface area contributed by atoms with Crippen LogP contribution in [-0.2, 0) is 0 Å². The zero-order valence-electron chi connectivity index (χ0n) is 26.1. The van der Waals surface area contributed by atoms with Gasteiger partial charge < -0.3 is 9.13 Å². The Morgan fingerprint density at radius 1 is 0.532 bits per heavy atom. The van der Waals surface area contributed by atoms with Gasteiger partial charge in [-0.25, -0.2) is 9.97 Å². The molecular weight excluding hydrogens is 573 g/mol. The summed E-state index contributed by atoms with van der Waals surface area (Å²) in [5, 5.41) is 4.80. The average molecular weight is 605 g/mol. The molecule has 4 nitrogen and oxygen atoms in total. The lowest BCUT2D eigenvalue weighted by atomic mass is 10.1. The molecule has 0 saturated carbocycles. The topological polar surface area (TPSA) is 35.6 Å². The minimum absolute atomic E-state index is 0.707. The Labute approximate surface area is 273 Å². The van der Waals surface area contributed by atoms with Crippen LogP contribution >= 0.6 is 0 Å². The van der Waals surface area contributed by atoms with Gasteiger partial charge in [-0.05, 0) is 30.5 Å². The Hall–Kier alpha value is -6.26. The number of benzene rings is 6. The van der Waals surface area contributed by atoms with Gasteiger partial charge in [0.05, 0.1) is 39.6 Å². The summed E-state index contributed by atoms with van der Waals surface area (Å²) in [6, 6.07) is 53.2. The first kappa shape index (κ1) is 28.2. The van der Waals surface area contributed by atoms with Gasteiger partial charge in [0, 0.05) is 33.0 Å². The third kappa shape index (κ3) is 4.70. The van der Waals surface area contributed by atoms with Gasteiger partial charge in [0.1, 0.15) is 0 Å². The third-order valence-corrected chi connectivity index (χ3v) is 8.55. The molecule has 0 amide bonds. The van der Waals surface area contributed by atoms with Crippen LogP contribution in [0.15, 0.2) is 171 Å². The number of allylic oxidation sites excluding steroid dienone is 1. The van der Waals surface area contributed by atoms with Gasteiger partial charge in [-0.15, -0.1) is 6.58 Å². The minimum Gasteiger partial charge on any atom is -0.306 e. The molecule has 0 spiro atoms. The maximum absolute atomic E-state index is 5.24. The van der Waals surface area contributed by atoms with Gasteiger partial charge in [-0.3, -0.25) is 0 Å². The number of nitrogens with zero attached hydrogens (tertiary/aromatic N) is 4. The molecule has 9 rings (SSSR count). The summed E-state index contributed by atoms with van der Waals surface area (Å²) >= 11 is 0. The average Bonchev–Trinajstić information content (AvgIpc) is 3.66. The van der Waals surface area contributed by atoms with E-state index < -0.39 is 0 Å². The number of fused-ring (bicyclic) bond motifs is 7. The number of aromatic nitrogens is 4. The fraction of sp³-hybridized carbons (Fsp3) is 0.0233. The van der Waals surface area contributed by atoms with Crippen molar-refractivity contribution < 1.29 is 0 Å². The van der Waals surface area contributed by atoms with E-state index >= 15 is 0 Å². The first-order valence-electron chi connectivity index (χ1n) is 15.8. The van der Waals surface area contributed by atoms with Gasteiger partial charge in [0.2, 0.25) is 0 Å². The van der Waals surface area contributed by atoms with Gasteiger partial charge in [-0.1, -0.05) is 140 Å². The largest absolute Gasteiger partial charge is 0.306 e. The molecule has 0 aliphatic carbocycles. The lowest BCUT2D eigenvalue weighted by Crippen LogP contribution is -2.02. The van der Waals surface area contributed by atoms with Gasteiger partial charge >= 0.3 is 0 Å². The first-order valence-corrected chi connectivity index (χ1v) is 15.8. The molecule has 0 aliphatic rings. The van der Waals surface area contributed by atoms with Crippen LogP contribution in [0.2, 0.25) is 0 Å². The number of rotatable bonds is 4. The molecule has 47 heavy (non-hydrogen) atoms. The summed E-state index contributed by atoms with van der Waals surface area (Å²) in [5.74, 6) is 0.707. The van der Waals surface area contributed by atoms with Crippen LogP contribution in [0.5, 0.6) is 0 Å². The van der Waals surface area contributed by atoms with E-state index in [0.717, 1.165) is 39.2 Å². The number of hydrogen-bond donors (Lipinski definition) is 0. The molecule has 0 radical (unpaired) electrons. The quantitative estimate of drug-likeness (QED) is 0.187. The second-order valence-electron chi connectivity index (χ2n) is 11.5. The summed E-state index contributed by atoms with van der Waals surface area (Å²) < 4.78 is 4.81. The molecule has 0 fully saturated rings. The van der Waals surface area contributed by atoms with Crippen molar-refractivity contribution in [3.05, 3.63) is 171 Å².